The number of hydrogen-bond donors (Lipinski definition) is 1. The van der Waals surface area contributed by atoms with Crippen LogP contribution in [0.25, 0.3) is 0 Å². The smallest absolute Gasteiger partial charge is 0.162 e. The van der Waals surface area contributed by atoms with E-state index < -0.39 is 0 Å². The van der Waals surface area contributed by atoms with Gasteiger partial charge < -0.3 is 5.32 Å². The second kappa shape index (κ2) is 9.73. The van der Waals surface area contributed by atoms with Crippen molar-refractivity contribution in [1.82, 2.24) is 5.32 Å². The molecule has 3 nitrogen and oxygen atoms in total. The standard InChI is InChI=1S/C17H24N2O/c1-7-10-13(4)18-15(6)19-14(5)11-12-16(8-2)17(20)9-3/h7-8,10-12H,1-2,9H2,3-6H3,(H,18,19)/b13-10-,14-11+,16-12+. The Labute approximate surface area is 122 Å². The van der Waals surface area contributed by atoms with Crippen LogP contribution in [0.3, 0.4) is 0 Å². The van der Waals surface area contributed by atoms with E-state index >= 15 is 0 Å². The van der Waals surface area contributed by atoms with Gasteiger partial charge in [-0.05, 0) is 39.0 Å². The van der Waals surface area contributed by atoms with Crippen LogP contribution in [0.5, 0.6) is 0 Å². The summed E-state index contributed by atoms with van der Waals surface area (Å²) in [4.78, 5) is 16.0. The zero-order chi connectivity index (χ0) is 15.5. The molecule has 0 fully saturated rings. The van der Waals surface area contributed by atoms with Gasteiger partial charge in [0.05, 0.1) is 0 Å². The molecule has 0 radical (unpaired) electrons. The highest BCUT2D eigenvalue weighted by Crippen LogP contribution is 2.04. The highest BCUT2D eigenvalue weighted by atomic mass is 16.1. The number of rotatable bonds is 7. The number of aliphatic imine (C=N–C) groups is 1. The summed E-state index contributed by atoms with van der Waals surface area (Å²) in [6.45, 7) is 14.8. The van der Waals surface area contributed by atoms with Crippen molar-refractivity contribution < 1.29 is 4.79 Å². The van der Waals surface area contributed by atoms with Crippen molar-refractivity contribution in [2.75, 3.05) is 0 Å². The minimum absolute atomic E-state index is 0.0765. The molecule has 0 aromatic rings. The number of allylic oxidation sites excluding steroid dienone is 8. The number of amidine groups is 1. The van der Waals surface area contributed by atoms with E-state index in [0.29, 0.717) is 12.0 Å². The lowest BCUT2D eigenvalue weighted by molar-refractivity contribution is -0.114. The summed E-state index contributed by atoms with van der Waals surface area (Å²) >= 11 is 0. The quantitative estimate of drug-likeness (QED) is 0.328. The topological polar surface area (TPSA) is 41.5 Å². The molecule has 0 rings (SSSR count). The number of Topliss-reactive ketones (excluding diaryl/α,β-unsaturated/α-hetero) is 1. The van der Waals surface area contributed by atoms with Gasteiger partial charge in [-0.2, -0.15) is 0 Å². The SMILES string of the molecule is C=C/C=C(/C)NC(C)=N/C(C)=C/C=C(\C=C)C(=O)CC. The minimum Gasteiger partial charge on any atom is -0.348 e. The molecule has 0 unspecified atom stereocenters. The Bertz CT molecular complexity index is 491. The first-order valence-electron chi connectivity index (χ1n) is 6.60. The highest BCUT2D eigenvalue weighted by Gasteiger charge is 2.00. The molecule has 0 atom stereocenters. The van der Waals surface area contributed by atoms with E-state index in [1.165, 1.54) is 0 Å². The second-order valence-corrected chi connectivity index (χ2v) is 4.32. The Morgan fingerprint density at radius 3 is 2.30 bits per heavy atom. The molecule has 20 heavy (non-hydrogen) atoms. The molecular formula is C17H24N2O. The first-order valence-corrected chi connectivity index (χ1v) is 6.60. The number of carbonyl (C=O) groups excluding carboxylic acids is 1. The third-order valence-electron chi connectivity index (χ3n) is 2.46. The molecule has 0 heterocycles. The monoisotopic (exact) mass is 272 g/mol. The van der Waals surface area contributed by atoms with E-state index in [2.05, 4.69) is 23.5 Å². The number of ketones is 1. The molecule has 0 saturated heterocycles. The summed E-state index contributed by atoms with van der Waals surface area (Å²) in [5.74, 6) is 0.859. The lowest BCUT2D eigenvalue weighted by Crippen LogP contribution is -2.17. The van der Waals surface area contributed by atoms with Crippen molar-refractivity contribution in [2.24, 2.45) is 4.99 Å². The fourth-order valence-corrected chi connectivity index (χ4v) is 1.52. The average molecular weight is 272 g/mol. The predicted molar refractivity (Wildman–Crippen MR) is 87.5 cm³/mol. The van der Waals surface area contributed by atoms with E-state index in [4.69, 9.17) is 0 Å². The number of carbonyl (C=O) groups is 1. The van der Waals surface area contributed by atoms with Crippen molar-refractivity contribution in [2.45, 2.75) is 34.1 Å². The third kappa shape index (κ3) is 7.31. The molecule has 0 bridgehead atoms. The van der Waals surface area contributed by atoms with Crippen LogP contribution in [0, 0.1) is 0 Å². The summed E-state index contributed by atoms with van der Waals surface area (Å²) in [5.41, 5.74) is 2.39. The molecule has 0 saturated carbocycles. The van der Waals surface area contributed by atoms with Crippen molar-refractivity contribution >= 4 is 11.6 Å². The van der Waals surface area contributed by atoms with Crippen LogP contribution in [0.1, 0.15) is 34.1 Å². The molecule has 0 aliphatic rings. The van der Waals surface area contributed by atoms with E-state index in [1.54, 1.807) is 18.2 Å². The zero-order valence-corrected chi connectivity index (χ0v) is 12.9. The highest BCUT2D eigenvalue weighted by molar-refractivity contribution is 5.97. The molecule has 0 aromatic carbocycles. The lowest BCUT2D eigenvalue weighted by Gasteiger charge is -2.05. The summed E-state index contributed by atoms with van der Waals surface area (Å²) in [6, 6.07) is 0. The number of hydrogen-bond acceptors (Lipinski definition) is 2. The maximum atomic E-state index is 11.6. The van der Waals surface area contributed by atoms with Crippen LogP contribution in [0.15, 0.2) is 65.5 Å². The Kier molecular flexibility index (Phi) is 8.68. The third-order valence-corrected chi connectivity index (χ3v) is 2.46. The van der Waals surface area contributed by atoms with Crippen molar-refractivity contribution in [3.05, 3.63) is 60.5 Å². The van der Waals surface area contributed by atoms with Gasteiger partial charge in [0, 0.05) is 23.4 Å². The Hall–Kier alpha value is -2.16. The second-order valence-electron chi connectivity index (χ2n) is 4.32. The fourth-order valence-electron chi connectivity index (χ4n) is 1.52. The van der Waals surface area contributed by atoms with Gasteiger partial charge in [-0.15, -0.1) is 0 Å². The summed E-state index contributed by atoms with van der Waals surface area (Å²) in [7, 11) is 0. The molecular weight excluding hydrogens is 248 g/mol. The normalized spacial score (nSPS) is 14.0. The van der Waals surface area contributed by atoms with E-state index in [9.17, 15) is 4.79 Å². The van der Waals surface area contributed by atoms with Gasteiger partial charge in [0.2, 0.25) is 0 Å². The van der Waals surface area contributed by atoms with Crippen molar-refractivity contribution in [1.29, 1.82) is 0 Å². The maximum absolute atomic E-state index is 11.6. The Morgan fingerprint density at radius 1 is 1.15 bits per heavy atom. The Balaban J connectivity index is 4.93. The summed E-state index contributed by atoms with van der Waals surface area (Å²) in [5, 5.41) is 3.14. The number of nitrogens with zero attached hydrogens (tertiary/aromatic N) is 1. The molecule has 1 N–H and O–H groups in total. The Morgan fingerprint density at radius 2 is 1.80 bits per heavy atom. The van der Waals surface area contributed by atoms with E-state index in [0.717, 1.165) is 17.2 Å². The number of nitrogens with one attached hydrogen (secondary N) is 1. The minimum atomic E-state index is 0.0765. The van der Waals surface area contributed by atoms with Gasteiger partial charge in [-0.3, -0.25) is 4.79 Å². The lowest BCUT2D eigenvalue weighted by atomic mass is 10.1. The van der Waals surface area contributed by atoms with E-state index in [1.807, 2.05) is 39.8 Å². The molecule has 0 aliphatic carbocycles. The van der Waals surface area contributed by atoms with Crippen LogP contribution >= 0.6 is 0 Å². The van der Waals surface area contributed by atoms with Crippen LogP contribution in [0.2, 0.25) is 0 Å². The first kappa shape index (κ1) is 17.8. The molecule has 0 aromatic heterocycles. The molecule has 3 heteroatoms. The van der Waals surface area contributed by atoms with Crippen LogP contribution < -0.4 is 5.32 Å². The van der Waals surface area contributed by atoms with Crippen LogP contribution in [-0.2, 0) is 4.79 Å². The zero-order valence-electron chi connectivity index (χ0n) is 12.9. The van der Waals surface area contributed by atoms with Crippen molar-refractivity contribution in [3.8, 4) is 0 Å². The molecule has 108 valence electrons. The molecule has 0 aliphatic heterocycles. The maximum Gasteiger partial charge on any atom is 0.162 e. The fraction of sp³-hybridized carbons (Fsp3) is 0.294. The van der Waals surface area contributed by atoms with Gasteiger partial charge >= 0.3 is 0 Å². The first-order chi connectivity index (χ1) is 9.44. The average Bonchev–Trinajstić information content (AvgIpc) is 2.38. The molecule has 0 spiro atoms. The van der Waals surface area contributed by atoms with Crippen LogP contribution in [0.4, 0.5) is 0 Å². The largest absolute Gasteiger partial charge is 0.348 e. The van der Waals surface area contributed by atoms with Crippen molar-refractivity contribution in [3.63, 3.8) is 0 Å². The van der Waals surface area contributed by atoms with Crippen LogP contribution in [-0.4, -0.2) is 11.6 Å². The van der Waals surface area contributed by atoms with Gasteiger partial charge in [0.15, 0.2) is 5.78 Å². The predicted octanol–water partition coefficient (Wildman–Crippen LogP) is 4.08. The van der Waals surface area contributed by atoms with Gasteiger partial charge in [-0.1, -0.05) is 32.2 Å². The van der Waals surface area contributed by atoms with Gasteiger partial charge in [-0.25, -0.2) is 4.99 Å². The summed E-state index contributed by atoms with van der Waals surface area (Å²) in [6.07, 6.45) is 9.18. The molecule has 0 amide bonds. The summed E-state index contributed by atoms with van der Waals surface area (Å²) < 4.78 is 0. The van der Waals surface area contributed by atoms with E-state index in [-0.39, 0.29) is 5.78 Å². The van der Waals surface area contributed by atoms with Gasteiger partial charge in [0.1, 0.15) is 5.84 Å². The van der Waals surface area contributed by atoms with Gasteiger partial charge in [0.25, 0.3) is 0 Å².